The summed E-state index contributed by atoms with van der Waals surface area (Å²) in [5.41, 5.74) is 1.14. The smallest absolute Gasteiger partial charge is 0.338 e. The highest BCUT2D eigenvalue weighted by Gasteiger charge is 2.38. The summed E-state index contributed by atoms with van der Waals surface area (Å²) in [6.45, 7) is 10.4. The normalized spacial score (nSPS) is 17.0. The summed E-state index contributed by atoms with van der Waals surface area (Å²) >= 11 is 0. The van der Waals surface area contributed by atoms with Crippen LogP contribution in [0.2, 0.25) is 0 Å². The van der Waals surface area contributed by atoms with Crippen LogP contribution in [0, 0.1) is 10.1 Å². The van der Waals surface area contributed by atoms with Gasteiger partial charge in [0.15, 0.2) is 0 Å². The molecule has 1 aromatic rings. The molecule has 9 heteroatoms. The summed E-state index contributed by atoms with van der Waals surface area (Å²) < 4.78 is 5.30. The Bertz CT molecular complexity index is 842. The monoisotopic (exact) mass is 418 g/mol. The number of nitro benzene ring substituents is 1. The van der Waals surface area contributed by atoms with Gasteiger partial charge in [-0.25, -0.2) is 9.59 Å². The Kier molecular flexibility index (Phi) is 7.55. The second-order valence-corrected chi connectivity index (χ2v) is 7.73. The van der Waals surface area contributed by atoms with E-state index in [1.54, 1.807) is 20.0 Å². The number of amides is 2. The third-order valence-corrected chi connectivity index (χ3v) is 5.15. The van der Waals surface area contributed by atoms with E-state index in [1.807, 2.05) is 27.7 Å². The molecule has 0 saturated carbocycles. The number of esters is 1. The van der Waals surface area contributed by atoms with Gasteiger partial charge < -0.3 is 10.1 Å². The van der Waals surface area contributed by atoms with Gasteiger partial charge in [-0.1, -0.05) is 12.1 Å². The standard InChI is InChI=1S/C21H30N4O5/c1-7-30-20(26)18-17(12-24(13(2)3)14(4)5)23(6)21(27)22-19(18)15-9-8-10-16(11-15)25(28)29/h8-11,13-14,19H,7,12H2,1-6H3,(H,22,27)/t19-/m0/s1. The van der Waals surface area contributed by atoms with Crippen molar-refractivity contribution in [2.24, 2.45) is 0 Å². The predicted molar refractivity (Wildman–Crippen MR) is 113 cm³/mol. The molecule has 1 aromatic carbocycles. The van der Waals surface area contributed by atoms with Crippen LogP contribution < -0.4 is 5.32 Å². The third-order valence-electron chi connectivity index (χ3n) is 5.15. The molecule has 0 fully saturated rings. The summed E-state index contributed by atoms with van der Waals surface area (Å²) in [6, 6.07) is 5.05. The number of hydrogen-bond donors (Lipinski definition) is 1. The lowest BCUT2D eigenvalue weighted by Gasteiger charge is -2.39. The number of nitrogens with one attached hydrogen (secondary N) is 1. The maximum atomic E-state index is 13.0. The van der Waals surface area contributed by atoms with Gasteiger partial charge >= 0.3 is 12.0 Å². The Balaban J connectivity index is 2.66. The highest BCUT2D eigenvalue weighted by molar-refractivity contribution is 5.95. The van der Waals surface area contributed by atoms with E-state index in [9.17, 15) is 19.7 Å². The fourth-order valence-corrected chi connectivity index (χ4v) is 3.60. The first kappa shape index (κ1) is 23.3. The Labute approximate surface area is 176 Å². The number of rotatable bonds is 8. The van der Waals surface area contributed by atoms with E-state index in [4.69, 9.17) is 4.74 Å². The molecule has 0 aromatic heterocycles. The molecule has 1 atom stereocenters. The van der Waals surface area contributed by atoms with Crippen molar-refractivity contribution in [2.45, 2.75) is 52.7 Å². The van der Waals surface area contributed by atoms with Crippen molar-refractivity contribution >= 4 is 17.7 Å². The van der Waals surface area contributed by atoms with Crippen LogP contribution in [0.5, 0.6) is 0 Å². The average molecular weight is 418 g/mol. The molecule has 0 aliphatic carbocycles. The van der Waals surface area contributed by atoms with E-state index in [2.05, 4.69) is 10.2 Å². The number of non-ortho nitro benzene ring substituents is 1. The number of benzene rings is 1. The molecule has 2 rings (SSSR count). The van der Waals surface area contributed by atoms with Crippen LogP contribution in [-0.2, 0) is 9.53 Å². The van der Waals surface area contributed by atoms with Gasteiger partial charge in [-0.05, 0) is 40.2 Å². The van der Waals surface area contributed by atoms with E-state index >= 15 is 0 Å². The van der Waals surface area contributed by atoms with Crippen molar-refractivity contribution < 1.29 is 19.2 Å². The minimum absolute atomic E-state index is 0.114. The van der Waals surface area contributed by atoms with Crippen LogP contribution in [0.4, 0.5) is 10.5 Å². The van der Waals surface area contributed by atoms with Crippen LogP contribution in [0.25, 0.3) is 0 Å². The summed E-state index contributed by atoms with van der Waals surface area (Å²) in [4.78, 5) is 40.0. The Morgan fingerprint density at radius 3 is 2.47 bits per heavy atom. The molecule has 0 unspecified atom stereocenters. The van der Waals surface area contributed by atoms with E-state index < -0.39 is 16.9 Å². The fraction of sp³-hybridized carbons (Fsp3) is 0.524. The van der Waals surface area contributed by atoms with Crippen molar-refractivity contribution in [3.63, 3.8) is 0 Å². The number of nitro groups is 1. The lowest BCUT2D eigenvalue weighted by Crippen LogP contribution is -2.50. The molecule has 1 heterocycles. The number of carbonyl (C=O) groups is 2. The topological polar surface area (TPSA) is 105 Å². The van der Waals surface area contributed by atoms with E-state index in [0.717, 1.165) is 0 Å². The van der Waals surface area contributed by atoms with Gasteiger partial charge in [0.2, 0.25) is 0 Å². The van der Waals surface area contributed by atoms with E-state index in [0.29, 0.717) is 17.8 Å². The van der Waals surface area contributed by atoms with Gasteiger partial charge in [0.1, 0.15) is 0 Å². The van der Waals surface area contributed by atoms with E-state index in [1.165, 1.54) is 23.1 Å². The molecule has 9 nitrogen and oxygen atoms in total. The molecule has 0 spiro atoms. The average Bonchev–Trinajstić information content (AvgIpc) is 2.68. The maximum absolute atomic E-state index is 13.0. The van der Waals surface area contributed by atoms with Gasteiger partial charge in [-0.15, -0.1) is 0 Å². The summed E-state index contributed by atoms with van der Waals surface area (Å²) in [5.74, 6) is -0.552. The van der Waals surface area contributed by atoms with E-state index in [-0.39, 0.29) is 36.0 Å². The van der Waals surface area contributed by atoms with Crippen molar-refractivity contribution in [3.05, 3.63) is 51.2 Å². The predicted octanol–water partition coefficient (Wildman–Crippen LogP) is 3.23. The first-order valence-electron chi connectivity index (χ1n) is 10.0. The Morgan fingerprint density at radius 1 is 1.30 bits per heavy atom. The molecule has 1 N–H and O–H groups in total. The van der Waals surface area contributed by atoms with Crippen LogP contribution >= 0.6 is 0 Å². The SMILES string of the molecule is CCOC(=O)C1=C(CN(C(C)C)C(C)C)N(C)C(=O)N[C@H]1c1cccc([N+](=O)[O-])c1. The molecule has 1 aliphatic heterocycles. The lowest BCUT2D eigenvalue weighted by molar-refractivity contribution is -0.384. The highest BCUT2D eigenvalue weighted by Crippen LogP contribution is 2.33. The van der Waals surface area contributed by atoms with Crippen molar-refractivity contribution in [1.29, 1.82) is 0 Å². The number of likely N-dealkylation sites (N-methyl/N-ethyl adjacent to an activating group) is 1. The zero-order chi connectivity index (χ0) is 22.6. The first-order valence-corrected chi connectivity index (χ1v) is 10.0. The summed E-state index contributed by atoms with van der Waals surface area (Å²) in [6.07, 6.45) is 0. The number of carbonyl (C=O) groups excluding carboxylic acids is 2. The molecular formula is C21H30N4O5. The minimum Gasteiger partial charge on any atom is -0.463 e. The lowest BCUT2D eigenvalue weighted by atomic mass is 9.93. The molecule has 30 heavy (non-hydrogen) atoms. The molecule has 164 valence electrons. The quantitative estimate of drug-likeness (QED) is 0.395. The molecule has 1 aliphatic rings. The Morgan fingerprint density at radius 2 is 1.93 bits per heavy atom. The van der Waals surface area contributed by atoms with Crippen LogP contribution in [0.15, 0.2) is 35.5 Å². The number of urea groups is 1. The maximum Gasteiger partial charge on any atom is 0.338 e. The van der Waals surface area contributed by atoms with Crippen LogP contribution in [0.3, 0.4) is 0 Å². The van der Waals surface area contributed by atoms with Gasteiger partial charge in [-0.2, -0.15) is 0 Å². The minimum atomic E-state index is -0.844. The van der Waals surface area contributed by atoms with Crippen molar-refractivity contribution in [3.8, 4) is 0 Å². The second kappa shape index (κ2) is 9.71. The Hall–Kier alpha value is -2.94. The third kappa shape index (κ3) is 4.96. The van der Waals surface area contributed by atoms with Crippen molar-refractivity contribution in [2.75, 3.05) is 20.2 Å². The second-order valence-electron chi connectivity index (χ2n) is 7.73. The summed E-state index contributed by atoms with van der Waals surface area (Å²) in [5, 5.41) is 14.0. The zero-order valence-electron chi connectivity index (χ0n) is 18.3. The first-order chi connectivity index (χ1) is 14.1. The number of hydrogen-bond acceptors (Lipinski definition) is 6. The number of ether oxygens (including phenoxy) is 1. The molecule has 2 amide bonds. The van der Waals surface area contributed by atoms with Crippen LogP contribution in [-0.4, -0.2) is 59.0 Å². The largest absolute Gasteiger partial charge is 0.463 e. The fourth-order valence-electron chi connectivity index (χ4n) is 3.60. The summed E-state index contributed by atoms with van der Waals surface area (Å²) in [7, 11) is 1.60. The zero-order valence-corrected chi connectivity index (χ0v) is 18.3. The van der Waals surface area contributed by atoms with Gasteiger partial charge in [0.25, 0.3) is 5.69 Å². The van der Waals surface area contributed by atoms with Gasteiger partial charge in [0.05, 0.1) is 23.1 Å². The molecular weight excluding hydrogens is 388 g/mol. The molecule has 0 bridgehead atoms. The van der Waals surface area contributed by atoms with Crippen molar-refractivity contribution in [1.82, 2.24) is 15.1 Å². The highest BCUT2D eigenvalue weighted by atomic mass is 16.6. The molecule has 0 radical (unpaired) electrons. The number of nitrogens with zero attached hydrogens (tertiary/aromatic N) is 3. The van der Waals surface area contributed by atoms with Gasteiger partial charge in [-0.3, -0.25) is 19.9 Å². The molecule has 0 saturated heterocycles. The van der Waals surface area contributed by atoms with Crippen LogP contribution in [0.1, 0.15) is 46.2 Å². The van der Waals surface area contributed by atoms with Gasteiger partial charge in [0, 0.05) is 43.5 Å².